The molecule has 3 nitrogen and oxygen atoms in total. The molecule has 0 atom stereocenters. The predicted octanol–water partition coefficient (Wildman–Crippen LogP) is 5.45. The summed E-state index contributed by atoms with van der Waals surface area (Å²) in [5, 5.41) is 1.92. The van der Waals surface area contributed by atoms with E-state index in [0.717, 1.165) is 22.2 Å². The number of nitrogens with one attached hydrogen (secondary N) is 1. The lowest BCUT2D eigenvalue weighted by molar-refractivity contribution is -0.137. The van der Waals surface area contributed by atoms with Gasteiger partial charge in [-0.1, -0.05) is 27.5 Å². The molecule has 0 aliphatic rings. The quantitative estimate of drug-likeness (QED) is 0.712. The Labute approximate surface area is 149 Å². The van der Waals surface area contributed by atoms with Gasteiger partial charge < -0.3 is 10.1 Å². The van der Waals surface area contributed by atoms with E-state index in [4.69, 9.17) is 16.3 Å². The minimum absolute atomic E-state index is 0.00712. The molecule has 0 aromatic heterocycles. The summed E-state index contributed by atoms with van der Waals surface area (Å²) in [5.74, 6) is -0.0936. The summed E-state index contributed by atoms with van der Waals surface area (Å²) in [6.45, 7) is 1.54. The molecule has 2 aromatic carbocycles. The fourth-order valence-corrected chi connectivity index (χ4v) is 2.34. The topological polar surface area (TPSA) is 38.3 Å². The van der Waals surface area contributed by atoms with E-state index in [9.17, 15) is 18.0 Å². The van der Waals surface area contributed by atoms with E-state index in [1.165, 1.54) is 6.07 Å². The monoisotopic (exact) mass is 421 g/mol. The molecule has 1 N–H and O–H groups in total. The number of anilines is 1. The minimum Gasteiger partial charge on any atom is -0.484 e. The van der Waals surface area contributed by atoms with Crippen LogP contribution in [-0.2, 0) is 11.0 Å². The third-order valence-electron chi connectivity index (χ3n) is 3.05. The second-order valence-corrected chi connectivity index (χ2v) is 6.20. The van der Waals surface area contributed by atoms with Crippen LogP contribution < -0.4 is 10.1 Å². The van der Waals surface area contributed by atoms with Gasteiger partial charge in [0.25, 0.3) is 5.91 Å². The number of hydrogen-bond acceptors (Lipinski definition) is 2. The van der Waals surface area contributed by atoms with E-state index in [1.54, 1.807) is 18.2 Å². The van der Waals surface area contributed by atoms with E-state index in [0.29, 0.717) is 5.75 Å². The summed E-state index contributed by atoms with van der Waals surface area (Å²) in [4.78, 5) is 11.8. The highest BCUT2D eigenvalue weighted by molar-refractivity contribution is 9.10. The van der Waals surface area contributed by atoms with Gasteiger partial charge in [-0.2, -0.15) is 13.2 Å². The van der Waals surface area contributed by atoms with Crippen molar-refractivity contribution in [1.82, 2.24) is 0 Å². The molecule has 1 amide bonds. The first-order valence-electron chi connectivity index (χ1n) is 6.72. The number of amides is 1. The van der Waals surface area contributed by atoms with Crippen LogP contribution in [0.5, 0.6) is 5.75 Å². The number of alkyl halides is 3. The molecule has 24 heavy (non-hydrogen) atoms. The van der Waals surface area contributed by atoms with Crippen molar-refractivity contribution < 1.29 is 22.7 Å². The highest BCUT2D eigenvalue weighted by atomic mass is 79.9. The average Bonchev–Trinajstić information content (AvgIpc) is 2.49. The number of carbonyl (C=O) groups is 1. The molecule has 0 radical (unpaired) electrons. The number of rotatable bonds is 4. The van der Waals surface area contributed by atoms with E-state index in [-0.39, 0.29) is 12.3 Å². The van der Waals surface area contributed by atoms with Gasteiger partial charge in [-0.05, 0) is 48.9 Å². The number of ether oxygens (including phenoxy) is 1. The normalized spacial score (nSPS) is 11.2. The maximum atomic E-state index is 12.8. The van der Waals surface area contributed by atoms with Crippen LogP contribution in [0.25, 0.3) is 0 Å². The zero-order chi connectivity index (χ0) is 17.9. The zero-order valence-electron chi connectivity index (χ0n) is 12.4. The smallest absolute Gasteiger partial charge is 0.417 e. The van der Waals surface area contributed by atoms with Gasteiger partial charge in [-0.25, -0.2) is 0 Å². The fraction of sp³-hybridized carbons (Fsp3) is 0.188. The van der Waals surface area contributed by atoms with Crippen molar-refractivity contribution in [3.05, 3.63) is 57.0 Å². The Morgan fingerprint density at radius 3 is 2.58 bits per heavy atom. The molecule has 0 saturated heterocycles. The Kier molecular flexibility index (Phi) is 5.77. The van der Waals surface area contributed by atoms with E-state index in [1.807, 2.05) is 6.92 Å². The van der Waals surface area contributed by atoms with Gasteiger partial charge in [0.15, 0.2) is 6.61 Å². The first-order valence-corrected chi connectivity index (χ1v) is 7.89. The van der Waals surface area contributed by atoms with Gasteiger partial charge in [0.2, 0.25) is 0 Å². The van der Waals surface area contributed by atoms with Crippen molar-refractivity contribution in [2.24, 2.45) is 0 Å². The summed E-state index contributed by atoms with van der Waals surface area (Å²) < 4.78 is 44.6. The van der Waals surface area contributed by atoms with Gasteiger partial charge in [-0.15, -0.1) is 0 Å². The summed E-state index contributed by atoms with van der Waals surface area (Å²) in [7, 11) is 0. The minimum atomic E-state index is -4.59. The van der Waals surface area contributed by atoms with Crippen LogP contribution in [0.1, 0.15) is 11.1 Å². The lowest BCUT2D eigenvalue weighted by atomic mass is 10.2. The molecule has 0 aliphatic carbocycles. The molecule has 0 saturated carbocycles. The van der Waals surface area contributed by atoms with E-state index in [2.05, 4.69) is 21.2 Å². The number of hydrogen-bond donors (Lipinski definition) is 1. The standard InChI is InChI=1S/C16H12BrClF3NO2/c1-9-6-11(3-4-13(9)17)24-8-15(23)22-10-2-5-14(18)12(7-10)16(19,20)21/h2-7H,8H2,1H3,(H,22,23). The maximum Gasteiger partial charge on any atom is 0.417 e. The highest BCUT2D eigenvalue weighted by Crippen LogP contribution is 2.36. The Hall–Kier alpha value is -1.73. The Morgan fingerprint density at radius 2 is 1.96 bits per heavy atom. The van der Waals surface area contributed by atoms with Gasteiger partial charge in [0, 0.05) is 10.2 Å². The van der Waals surface area contributed by atoms with Crippen LogP contribution in [0.2, 0.25) is 5.02 Å². The number of aryl methyl sites for hydroxylation is 1. The van der Waals surface area contributed by atoms with Crippen molar-refractivity contribution in [1.29, 1.82) is 0 Å². The van der Waals surface area contributed by atoms with Crippen LogP contribution in [0, 0.1) is 6.92 Å². The van der Waals surface area contributed by atoms with Gasteiger partial charge >= 0.3 is 6.18 Å². The second-order valence-electron chi connectivity index (χ2n) is 4.94. The van der Waals surface area contributed by atoms with Crippen molar-refractivity contribution in [3.8, 4) is 5.75 Å². The molecule has 0 bridgehead atoms. The Morgan fingerprint density at radius 1 is 1.25 bits per heavy atom. The summed E-state index contributed by atoms with van der Waals surface area (Å²) in [6, 6.07) is 8.34. The maximum absolute atomic E-state index is 12.8. The second kappa shape index (κ2) is 7.44. The number of carbonyl (C=O) groups excluding carboxylic acids is 1. The molecule has 2 aromatic rings. The van der Waals surface area contributed by atoms with E-state index >= 15 is 0 Å². The third kappa shape index (κ3) is 4.88. The Balaban J connectivity index is 2.01. The summed E-state index contributed by atoms with van der Waals surface area (Å²) >= 11 is 8.87. The van der Waals surface area contributed by atoms with Crippen molar-refractivity contribution >= 4 is 39.1 Å². The number of benzene rings is 2. The van der Waals surface area contributed by atoms with Crippen LogP contribution >= 0.6 is 27.5 Å². The first kappa shape index (κ1) is 18.6. The van der Waals surface area contributed by atoms with Crippen molar-refractivity contribution in [3.63, 3.8) is 0 Å². The molecule has 0 unspecified atom stereocenters. The summed E-state index contributed by atoms with van der Waals surface area (Å²) in [5.41, 5.74) is -0.0841. The van der Waals surface area contributed by atoms with Crippen molar-refractivity contribution in [2.75, 3.05) is 11.9 Å². The fourth-order valence-electron chi connectivity index (χ4n) is 1.87. The largest absolute Gasteiger partial charge is 0.484 e. The van der Waals surface area contributed by atoms with Gasteiger partial charge in [-0.3, -0.25) is 4.79 Å². The lowest BCUT2D eigenvalue weighted by Crippen LogP contribution is -2.20. The predicted molar refractivity (Wildman–Crippen MR) is 89.5 cm³/mol. The molecule has 8 heteroatoms. The average molecular weight is 423 g/mol. The van der Waals surface area contributed by atoms with Crippen molar-refractivity contribution in [2.45, 2.75) is 13.1 Å². The molecular weight excluding hydrogens is 411 g/mol. The first-order chi connectivity index (χ1) is 11.2. The van der Waals surface area contributed by atoms with Crippen LogP contribution in [0.15, 0.2) is 40.9 Å². The molecule has 2 rings (SSSR count). The lowest BCUT2D eigenvalue weighted by Gasteiger charge is -2.12. The van der Waals surface area contributed by atoms with Gasteiger partial charge in [0.1, 0.15) is 5.75 Å². The zero-order valence-corrected chi connectivity index (χ0v) is 14.7. The van der Waals surface area contributed by atoms with Crippen LogP contribution in [-0.4, -0.2) is 12.5 Å². The number of halogens is 5. The molecule has 0 heterocycles. The molecule has 128 valence electrons. The molecule has 0 aliphatic heterocycles. The molecular formula is C16H12BrClF3NO2. The highest BCUT2D eigenvalue weighted by Gasteiger charge is 2.33. The van der Waals surface area contributed by atoms with Gasteiger partial charge in [0.05, 0.1) is 10.6 Å². The molecule has 0 spiro atoms. The SMILES string of the molecule is Cc1cc(OCC(=O)Nc2ccc(Cl)c(C(F)(F)F)c2)ccc1Br. The van der Waals surface area contributed by atoms with Crippen LogP contribution in [0.4, 0.5) is 18.9 Å². The molecule has 0 fully saturated rings. The third-order valence-corrected chi connectivity index (χ3v) is 4.27. The van der Waals surface area contributed by atoms with Crippen LogP contribution in [0.3, 0.4) is 0 Å². The Bertz CT molecular complexity index is 765. The summed E-state index contributed by atoms with van der Waals surface area (Å²) in [6.07, 6.45) is -4.59. The van der Waals surface area contributed by atoms with E-state index < -0.39 is 22.7 Å².